The van der Waals surface area contributed by atoms with Crippen LogP contribution in [0.1, 0.15) is 26.6 Å². The molecule has 23 heavy (non-hydrogen) atoms. The second-order valence-corrected chi connectivity index (χ2v) is 6.47. The van der Waals surface area contributed by atoms with Gasteiger partial charge in [0.15, 0.2) is 0 Å². The van der Waals surface area contributed by atoms with E-state index in [4.69, 9.17) is 11.6 Å². The molecule has 0 aliphatic rings. The van der Waals surface area contributed by atoms with Gasteiger partial charge in [0, 0.05) is 22.4 Å². The number of hydrogen-bond donors (Lipinski definition) is 1. The van der Waals surface area contributed by atoms with E-state index in [0.717, 1.165) is 17.1 Å². The molecule has 0 aliphatic heterocycles. The first kappa shape index (κ1) is 15.7. The van der Waals surface area contributed by atoms with Crippen LogP contribution in [0, 0.1) is 0 Å². The minimum absolute atomic E-state index is 0.148. The number of carbonyl (C=O) groups excluding carboxylic acids is 1. The molecule has 2 aromatic carbocycles. The number of aromatic nitrogens is 1. The first-order valence-corrected chi connectivity index (χ1v) is 8.47. The molecule has 3 rings (SSSR count). The Bertz CT molecular complexity index is 802. The van der Waals surface area contributed by atoms with Crippen molar-refractivity contribution in [1.82, 2.24) is 10.3 Å². The molecule has 3 aromatic rings. The average molecular weight is 343 g/mol. The molecule has 0 spiro atoms. The van der Waals surface area contributed by atoms with Crippen LogP contribution in [0.15, 0.2) is 60.0 Å². The highest BCUT2D eigenvalue weighted by Crippen LogP contribution is 2.15. The first-order valence-electron chi connectivity index (χ1n) is 7.22. The number of carbonyl (C=O) groups is 1. The van der Waals surface area contributed by atoms with Crippen LogP contribution in [0.5, 0.6) is 0 Å². The second-order valence-electron chi connectivity index (χ2n) is 5.09. The van der Waals surface area contributed by atoms with Crippen molar-refractivity contribution in [2.24, 2.45) is 0 Å². The number of nitrogens with zero attached hydrogens (tertiary/aromatic N) is 1. The Balaban J connectivity index is 1.58. The van der Waals surface area contributed by atoms with E-state index in [2.05, 4.69) is 22.4 Å². The number of halogens is 1. The van der Waals surface area contributed by atoms with Crippen LogP contribution in [-0.4, -0.2) is 10.9 Å². The molecule has 0 unspecified atom stereocenters. The minimum Gasteiger partial charge on any atom is -0.346 e. The zero-order valence-corrected chi connectivity index (χ0v) is 13.9. The second kappa shape index (κ2) is 7.40. The third-order valence-electron chi connectivity index (χ3n) is 3.31. The maximum atomic E-state index is 12.1. The molecule has 1 amide bonds. The molecule has 0 aliphatic carbocycles. The Labute approximate surface area is 144 Å². The molecule has 116 valence electrons. The molecule has 0 saturated carbocycles. The van der Waals surface area contributed by atoms with Gasteiger partial charge in [0.25, 0.3) is 5.91 Å². The van der Waals surface area contributed by atoms with Crippen molar-refractivity contribution in [3.8, 4) is 0 Å². The number of rotatable bonds is 5. The summed E-state index contributed by atoms with van der Waals surface area (Å²) in [6.45, 7) is 0.413. The summed E-state index contributed by atoms with van der Waals surface area (Å²) >= 11 is 7.51. The number of nitrogens with one attached hydrogen (secondary N) is 1. The molecule has 0 radical (unpaired) electrons. The summed E-state index contributed by atoms with van der Waals surface area (Å²) in [4.78, 5) is 16.6. The predicted molar refractivity (Wildman–Crippen MR) is 94.0 cm³/mol. The van der Waals surface area contributed by atoms with Crippen molar-refractivity contribution in [1.29, 1.82) is 0 Å². The van der Waals surface area contributed by atoms with Gasteiger partial charge < -0.3 is 5.32 Å². The summed E-state index contributed by atoms with van der Waals surface area (Å²) in [6.07, 6.45) is 0.813. The Morgan fingerprint density at radius 2 is 1.96 bits per heavy atom. The lowest BCUT2D eigenvalue weighted by molar-refractivity contribution is 0.0950. The normalized spacial score (nSPS) is 10.5. The van der Waals surface area contributed by atoms with E-state index in [0.29, 0.717) is 17.1 Å². The molecule has 1 heterocycles. The van der Waals surface area contributed by atoms with E-state index in [1.165, 1.54) is 5.56 Å². The molecular formula is C18H15ClN2OS. The van der Waals surface area contributed by atoms with Gasteiger partial charge in [-0.3, -0.25) is 4.79 Å². The third-order valence-corrected chi connectivity index (χ3v) is 4.45. The molecule has 0 saturated heterocycles. The van der Waals surface area contributed by atoms with Crippen molar-refractivity contribution in [3.63, 3.8) is 0 Å². The molecule has 1 aromatic heterocycles. The van der Waals surface area contributed by atoms with Crippen molar-refractivity contribution in [2.45, 2.75) is 13.0 Å². The standard InChI is InChI=1S/C18H15ClN2OS/c19-15-8-4-7-14(10-15)18(22)20-11-16-12-23-17(21-16)9-13-5-2-1-3-6-13/h1-8,10,12H,9,11H2,(H,20,22). The van der Waals surface area contributed by atoms with Crippen LogP contribution in [0.25, 0.3) is 0 Å². The fourth-order valence-corrected chi connectivity index (χ4v) is 3.20. The summed E-state index contributed by atoms with van der Waals surface area (Å²) in [5.74, 6) is -0.148. The SMILES string of the molecule is O=C(NCc1csc(Cc2ccccc2)n1)c1cccc(Cl)c1. The van der Waals surface area contributed by atoms with Crippen LogP contribution in [-0.2, 0) is 13.0 Å². The van der Waals surface area contributed by atoms with Crippen LogP contribution < -0.4 is 5.32 Å². The maximum Gasteiger partial charge on any atom is 0.251 e. The maximum absolute atomic E-state index is 12.1. The van der Waals surface area contributed by atoms with Crippen LogP contribution >= 0.6 is 22.9 Å². The van der Waals surface area contributed by atoms with Crippen molar-refractivity contribution in [3.05, 3.63) is 86.8 Å². The molecule has 5 heteroatoms. The smallest absolute Gasteiger partial charge is 0.251 e. The fourth-order valence-electron chi connectivity index (χ4n) is 2.18. The first-order chi connectivity index (χ1) is 11.2. The lowest BCUT2D eigenvalue weighted by Crippen LogP contribution is -2.22. The Morgan fingerprint density at radius 1 is 1.13 bits per heavy atom. The van der Waals surface area contributed by atoms with Crippen molar-refractivity contribution >= 4 is 28.8 Å². The number of thiazole rings is 1. The number of amides is 1. The summed E-state index contributed by atoms with van der Waals surface area (Å²) in [5.41, 5.74) is 2.66. The van der Waals surface area contributed by atoms with Gasteiger partial charge in [-0.05, 0) is 23.8 Å². The van der Waals surface area contributed by atoms with E-state index in [1.54, 1.807) is 35.6 Å². The van der Waals surface area contributed by atoms with Gasteiger partial charge >= 0.3 is 0 Å². The van der Waals surface area contributed by atoms with Gasteiger partial charge in [-0.2, -0.15) is 0 Å². The highest BCUT2D eigenvalue weighted by molar-refractivity contribution is 7.09. The molecule has 0 fully saturated rings. The van der Waals surface area contributed by atoms with E-state index in [9.17, 15) is 4.79 Å². The Morgan fingerprint density at radius 3 is 2.74 bits per heavy atom. The van der Waals surface area contributed by atoms with Gasteiger partial charge in [0.2, 0.25) is 0 Å². The quantitative estimate of drug-likeness (QED) is 0.750. The molecular weight excluding hydrogens is 328 g/mol. The molecule has 1 N–H and O–H groups in total. The van der Waals surface area contributed by atoms with E-state index in [-0.39, 0.29) is 5.91 Å². The monoisotopic (exact) mass is 342 g/mol. The lowest BCUT2D eigenvalue weighted by Gasteiger charge is -2.03. The fraction of sp³-hybridized carbons (Fsp3) is 0.111. The average Bonchev–Trinajstić information content (AvgIpc) is 3.01. The molecule has 3 nitrogen and oxygen atoms in total. The zero-order chi connectivity index (χ0) is 16.1. The highest BCUT2D eigenvalue weighted by Gasteiger charge is 2.08. The Hall–Kier alpha value is -2.17. The lowest BCUT2D eigenvalue weighted by atomic mass is 10.2. The van der Waals surface area contributed by atoms with Crippen molar-refractivity contribution < 1.29 is 4.79 Å². The van der Waals surface area contributed by atoms with Crippen LogP contribution in [0.4, 0.5) is 0 Å². The Kier molecular flexibility index (Phi) is 5.05. The van der Waals surface area contributed by atoms with E-state index >= 15 is 0 Å². The van der Waals surface area contributed by atoms with Gasteiger partial charge in [0.05, 0.1) is 17.2 Å². The van der Waals surface area contributed by atoms with Crippen LogP contribution in [0.3, 0.4) is 0 Å². The van der Waals surface area contributed by atoms with Gasteiger partial charge in [-0.25, -0.2) is 4.98 Å². The highest BCUT2D eigenvalue weighted by atomic mass is 35.5. The summed E-state index contributed by atoms with van der Waals surface area (Å²) in [6, 6.07) is 17.1. The minimum atomic E-state index is -0.148. The predicted octanol–water partition coefficient (Wildman–Crippen LogP) is 4.32. The number of benzene rings is 2. The topological polar surface area (TPSA) is 42.0 Å². The number of hydrogen-bond acceptors (Lipinski definition) is 3. The largest absolute Gasteiger partial charge is 0.346 e. The zero-order valence-electron chi connectivity index (χ0n) is 12.3. The molecule has 0 bridgehead atoms. The molecule has 0 atom stereocenters. The van der Waals surface area contributed by atoms with Gasteiger partial charge in [-0.15, -0.1) is 11.3 Å². The van der Waals surface area contributed by atoms with Crippen molar-refractivity contribution in [2.75, 3.05) is 0 Å². The third kappa shape index (κ3) is 4.41. The van der Waals surface area contributed by atoms with Gasteiger partial charge in [-0.1, -0.05) is 48.0 Å². The summed E-state index contributed by atoms with van der Waals surface area (Å²) in [5, 5.41) is 6.45. The summed E-state index contributed by atoms with van der Waals surface area (Å²) in [7, 11) is 0. The van der Waals surface area contributed by atoms with E-state index in [1.807, 2.05) is 23.6 Å². The van der Waals surface area contributed by atoms with Crippen LogP contribution in [0.2, 0.25) is 5.02 Å². The summed E-state index contributed by atoms with van der Waals surface area (Å²) < 4.78 is 0. The van der Waals surface area contributed by atoms with E-state index < -0.39 is 0 Å². The van der Waals surface area contributed by atoms with Gasteiger partial charge in [0.1, 0.15) is 0 Å².